The van der Waals surface area contributed by atoms with Crippen LogP contribution in [0.2, 0.25) is 0 Å². The average molecular weight is 204 g/mol. The molecule has 0 radical (unpaired) electrons. The highest BCUT2D eigenvalue weighted by molar-refractivity contribution is 7.71. The normalized spacial score (nSPS) is 10.8. The first-order chi connectivity index (χ1) is 6.58. The Morgan fingerprint density at radius 1 is 1.14 bits per heavy atom. The molecule has 0 spiro atoms. The molecule has 0 atom stereocenters. The van der Waals surface area contributed by atoms with E-state index in [1.807, 2.05) is 13.8 Å². The first-order valence-corrected chi connectivity index (χ1v) is 4.96. The molecule has 0 fully saturated rings. The molecule has 72 valence electrons. The number of H-pyrrole nitrogens is 1. The van der Waals surface area contributed by atoms with E-state index in [9.17, 15) is 0 Å². The van der Waals surface area contributed by atoms with Crippen LogP contribution in [0.15, 0.2) is 12.1 Å². The monoisotopic (exact) mass is 204 g/mol. The minimum atomic E-state index is 0.772. The number of pyridine rings is 2. The number of nitrogens with zero attached hydrogens (tertiary/aromatic N) is 1. The van der Waals surface area contributed by atoms with Crippen LogP contribution < -0.4 is 0 Å². The van der Waals surface area contributed by atoms with E-state index >= 15 is 0 Å². The van der Waals surface area contributed by atoms with Crippen molar-refractivity contribution >= 4 is 23.3 Å². The number of hydrogen-bond acceptors (Lipinski definition) is 2. The molecule has 0 aliphatic carbocycles. The molecule has 0 bridgehead atoms. The summed E-state index contributed by atoms with van der Waals surface area (Å²) in [7, 11) is 0. The minimum absolute atomic E-state index is 0.772. The molecule has 0 aliphatic heterocycles. The molecule has 0 unspecified atom stereocenters. The maximum Gasteiger partial charge on any atom is 0.138 e. The summed E-state index contributed by atoms with van der Waals surface area (Å²) < 4.78 is 0.772. The number of aryl methyl sites for hydroxylation is 3. The van der Waals surface area contributed by atoms with Gasteiger partial charge in [-0.1, -0.05) is 12.2 Å². The van der Waals surface area contributed by atoms with Crippen LogP contribution in [0.1, 0.15) is 16.8 Å². The molecule has 14 heavy (non-hydrogen) atoms. The van der Waals surface area contributed by atoms with Crippen LogP contribution >= 0.6 is 12.2 Å². The van der Waals surface area contributed by atoms with Gasteiger partial charge in [0.05, 0.1) is 0 Å². The van der Waals surface area contributed by atoms with Gasteiger partial charge < -0.3 is 4.98 Å². The standard InChI is InChI=1S/C11H12N2S/c1-6-4-9-5-7(2)11(14)13-10(9)12-8(6)3/h4-5H,1-3H3,(H,12,13,14). The zero-order valence-corrected chi connectivity index (χ0v) is 9.33. The Balaban J connectivity index is 2.90. The summed E-state index contributed by atoms with van der Waals surface area (Å²) in [6.07, 6.45) is 0. The molecule has 2 heterocycles. The first kappa shape index (κ1) is 9.34. The summed E-state index contributed by atoms with van der Waals surface area (Å²) in [6, 6.07) is 4.21. The molecule has 0 saturated carbocycles. The Kier molecular flexibility index (Phi) is 2.11. The second kappa shape index (κ2) is 3.17. The van der Waals surface area contributed by atoms with Crippen LogP contribution in [0.4, 0.5) is 0 Å². The lowest BCUT2D eigenvalue weighted by molar-refractivity contribution is 1.15. The van der Waals surface area contributed by atoms with Gasteiger partial charge in [-0.05, 0) is 44.0 Å². The van der Waals surface area contributed by atoms with E-state index in [0.29, 0.717) is 0 Å². The summed E-state index contributed by atoms with van der Waals surface area (Å²) in [6.45, 7) is 6.08. The van der Waals surface area contributed by atoms with Crippen molar-refractivity contribution in [3.8, 4) is 0 Å². The third-order valence-electron chi connectivity index (χ3n) is 2.46. The molecule has 0 aliphatic rings. The van der Waals surface area contributed by atoms with Gasteiger partial charge >= 0.3 is 0 Å². The van der Waals surface area contributed by atoms with Gasteiger partial charge in [-0.25, -0.2) is 4.98 Å². The van der Waals surface area contributed by atoms with Crippen LogP contribution in [0.5, 0.6) is 0 Å². The zero-order chi connectivity index (χ0) is 10.3. The molecule has 2 nitrogen and oxygen atoms in total. The van der Waals surface area contributed by atoms with E-state index in [0.717, 1.165) is 26.9 Å². The highest BCUT2D eigenvalue weighted by Gasteiger charge is 2.00. The van der Waals surface area contributed by atoms with Gasteiger partial charge in [0.1, 0.15) is 10.3 Å². The van der Waals surface area contributed by atoms with Gasteiger partial charge in [0.25, 0.3) is 0 Å². The Labute approximate surface area is 88.0 Å². The van der Waals surface area contributed by atoms with Gasteiger partial charge in [0, 0.05) is 11.1 Å². The zero-order valence-electron chi connectivity index (χ0n) is 8.51. The van der Waals surface area contributed by atoms with Crippen molar-refractivity contribution in [1.82, 2.24) is 9.97 Å². The number of aromatic amines is 1. The topological polar surface area (TPSA) is 28.7 Å². The third kappa shape index (κ3) is 1.44. The van der Waals surface area contributed by atoms with E-state index in [2.05, 4.69) is 29.0 Å². The Hall–Kier alpha value is -1.22. The number of nitrogens with one attached hydrogen (secondary N) is 1. The molecule has 3 heteroatoms. The summed E-state index contributed by atoms with van der Waals surface area (Å²) in [4.78, 5) is 7.58. The van der Waals surface area contributed by atoms with E-state index in [1.165, 1.54) is 5.56 Å². The molecular weight excluding hydrogens is 192 g/mol. The van der Waals surface area contributed by atoms with Crippen LogP contribution in [-0.4, -0.2) is 9.97 Å². The molecule has 2 aromatic rings. The molecular formula is C11H12N2S. The second-order valence-corrected chi connectivity index (χ2v) is 4.02. The van der Waals surface area contributed by atoms with Crippen molar-refractivity contribution in [2.75, 3.05) is 0 Å². The fraction of sp³-hybridized carbons (Fsp3) is 0.273. The van der Waals surface area contributed by atoms with E-state index in [4.69, 9.17) is 12.2 Å². The van der Waals surface area contributed by atoms with Gasteiger partial charge in [0.2, 0.25) is 0 Å². The smallest absolute Gasteiger partial charge is 0.138 e. The Morgan fingerprint density at radius 3 is 2.50 bits per heavy atom. The van der Waals surface area contributed by atoms with Crippen LogP contribution in [0.25, 0.3) is 11.0 Å². The quantitative estimate of drug-likeness (QED) is 0.667. The van der Waals surface area contributed by atoms with Crippen molar-refractivity contribution in [2.45, 2.75) is 20.8 Å². The largest absolute Gasteiger partial charge is 0.331 e. The minimum Gasteiger partial charge on any atom is -0.331 e. The number of rotatable bonds is 0. The molecule has 2 rings (SSSR count). The van der Waals surface area contributed by atoms with Crippen molar-refractivity contribution < 1.29 is 0 Å². The van der Waals surface area contributed by atoms with Crippen LogP contribution in [0, 0.1) is 25.4 Å². The molecule has 0 amide bonds. The third-order valence-corrected chi connectivity index (χ3v) is 2.88. The molecule has 2 aromatic heterocycles. The highest BCUT2D eigenvalue weighted by Crippen LogP contribution is 2.15. The lowest BCUT2D eigenvalue weighted by Crippen LogP contribution is -1.92. The fourth-order valence-corrected chi connectivity index (χ4v) is 1.60. The number of hydrogen-bond donors (Lipinski definition) is 1. The first-order valence-electron chi connectivity index (χ1n) is 4.56. The summed E-state index contributed by atoms with van der Waals surface area (Å²) >= 11 is 5.16. The lowest BCUT2D eigenvalue weighted by atomic mass is 10.1. The van der Waals surface area contributed by atoms with Crippen molar-refractivity contribution in [3.05, 3.63) is 33.6 Å². The van der Waals surface area contributed by atoms with Gasteiger partial charge in [-0.2, -0.15) is 0 Å². The average Bonchev–Trinajstić information content (AvgIpc) is 2.11. The van der Waals surface area contributed by atoms with Crippen LogP contribution in [-0.2, 0) is 0 Å². The Bertz CT molecular complexity index is 555. The maximum atomic E-state index is 5.16. The van der Waals surface area contributed by atoms with Gasteiger partial charge in [0.15, 0.2) is 0 Å². The number of aromatic nitrogens is 2. The van der Waals surface area contributed by atoms with E-state index in [-0.39, 0.29) is 0 Å². The summed E-state index contributed by atoms with van der Waals surface area (Å²) in [5.41, 5.74) is 4.23. The van der Waals surface area contributed by atoms with Gasteiger partial charge in [-0.15, -0.1) is 0 Å². The predicted octanol–water partition coefficient (Wildman–Crippen LogP) is 3.22. The Morgan fingerprint density at radius 2 is 1.79 bits per heavy atom. The van der Waals surface area contributed by atoms with Crippen molar-refractivity contribution in [1.29, 1.82) is 0 Å². The van der Waals surface area contributed by atoms with E-state index < -0.39 is 0 Å². The second-order valence-electron chi connectivity index (χ2n) is 3.61. The SMILES string of the molecule is Cc1cc2cc(C)c(=S)[nH]c2nc1C. The predicted molar refractivity (Wildman–Crippen MR) is 61.1 cm³/mol. The van der Waals surface area contributed by atoms with Crippen LogP contribution in [0.3, 0.4) is 0 Å². The van der Waals surface area contributed by atoms with E-state index in [1.54, 1.807) is 0 Å². The fourth-order valence-electron chi connectivity index (χ4n) is 1.44. The van der Waals surface area contributed by atoms with Gasteiger partial charge in [-0.3, -0.25) is 0 Å². The molecule has 0 saturated heterocycles. The molecule has 1 N–H and O–H groups in total. The van der Waals surface area contributed by atoms with Crippen molar-refractivity contribution in [3.63, 3.8) is 0 Å². The summed E-state index contributed by atoms with van der Waals surface area (Å²) in [5, 5.41) is 1.12. The maximum absolute atomic E-state index is 5.16. The molecule has 0 aromatic carbocycles. The van der Waals surface area contributed by atoms with Crippen molar-refractivity contribution in [2.24, 2.45) is 0 Å². The number of fused-ring (bicyclic) bond motifs is 1. The summed E-state index contributed by atoms with van der Waals surface area (Å²) in [5.74, 6) is 0. The lowest BCUT2D eigenvalue weighted by Gasteiger charge is -2.04. The highest BCUT2D eigenvalue weighted by atomic mass is 32.1.